The van der Waals surface area contributed by atoms with Crippen molar-refractivity contribution in [2.45, 2.75) is 26.8 Å². The molecule has 5 nitrogen and oxygen atoms in total. The fraction of sp³-hybridized carbons (Fsp3) is 0.273. The molecule has 7 heteroatoms. The zero-order chi connectivity index (χ0) is 21.1. The van der Waals surface area contributed by atoms with Gasteiger partial charge in [-0.05, 0) is 48.1 Å². The van der Waals surface area contributed by atoms with Gasteiger partial charge >= 0.3 is 6.03 Å². The van der Waals surface area contributed by atoms with Crippen LogP contribution in [0.15, 0.2) is 53.5 Å². The minimum absolute atomic E-state index is 0.0575. The fourth-order valence-electron chi connectivity index (χ4n) is 3.60. The van der Waals surface area contributed by atoms with Gasteiger partial charge in [0.2, 0.25) is 0 Å². The number of pyridine rings is 1. The summed E-state index contributed by atoms with van der Waals surface area (Å²) in [6.45, 7) is 6.38. The number of anilines is 1. The van der Waals surface area contributed by atoms with Crippen LogP contribution in [0, 0.1) is 11.7 Å². The predicted octanol–water partition coefficient (Wildman–Crippen LogP) is 5.57. The number of hydrogen-bond donors (Lipinski definition) is 2. The molecular weight excluding hydrogens is 393 g/mol. The third-order valence-corrected chi connectivity index (χ3v) is 5.19. The molecule has 0 radical (unpaired) electrons. The van der Waals surface area contributed by atoms with Crippen molar-refractivity contribution >= 4 is 34.1 Å². The third kappa shape index (κ3) is 4.27. The highest BCUT2D eigenvalue weighted by molar-refractivity contribution is 6.31. The molecule has 0 bridgehead atoms. The quantitative estimate of drug-likeness (QED) is 0.572. The Morgan fingerprint density at radius 2 is 1.90 bits per heavy atom. The van der Waals surface area contributed by atoms with Gasteiger partial charge in [0.25, 0.3) is 5.56 Å². The Hall–Kier alpha value is -2.86. The van der Waals surface area contributed by atoms with E-state index in [0.717, 1.165) is 10.9 Å². The first-order valence-electron chi connectivity index (χ1n) is 9.46. The maximum Gasteiger partial charge on any atom is 0.322 e. The van der Waals surface area contributed by atoms with E-state index in [1.165, 1.54) is 18.2 Å². The first-order valence-corrected chi connectivity index (χ1v) is 9.84. The van der Waals surface area contributed by atoms with Crippen LogP contribution < -0.4 is 10.9 Å². The molecule has 0 fully saturated rings. The highest BCUT2D eigenvalue weighted by Crippen LogP contribution is 2.33. The largest absolute Gasteiger partial charge is 0.328 e. The van der Waals surface area contributed by atoms with Crippen molar-refractivity contribution in [2.24, 2.45) is 5.92 Å². The lowest BCUT2D eigenvalue weighted by Gasteiger charge is -2.34. The third-order valence-electron chi connectivity index (χ3n) is 4.90. The Morgan fingerprint density at radius 1 is 1.21 bits per heavy atom. The molecule has 3 rings (SSSR count). The lowest BCUT2D eigenvalue weighted by molar-refractivity contribution is 0.172. The van der Waals surface area contributed by atoms with Gasteiger partial charge in [-0.25, -0.2) is 9.18 Å². The van der Waals surface area contributed by atoms with Crippen LogP contribution in [0.3, 0.4) is 0 Å². The van der Waals surface area contributed by atoms with Crippen LogP contribution in [0.1, 0.15) is 32.4 Å². The molecule has 1 heterocycles. The van der Waals surface area contributed by atoms with E-state index in [2.05, 4.69) is 10.3 Å². The molecule has 2 N–H and O–H groups in total. The average molecular weight is 416 g/mol. The number of benzene rings is 2. The molecular formula is C22H23ClFN3O2. The number of hydrogen-bond acceptors (Lipinski definition) is 2. The van der Waals surface area contributed by atoms with Crippen molar-refractivity contribution in [1.29, 1.82) is 0 Å². The number of fused-ring (bicyclic) bond motifs is 1. The number of carbonyl (C=O) groups is 1. The summed E-state index contributed by atoms with van der Waals surface area (Å²) in [7, 11) is 0. The van der Waals surface area contributed by atoms with Gasteiger partial charge in [0.1, 0.15) is 5.82 Å². The molecule has 2 amide bonds. The van der Waals surface area contributed by atoms with Gasteiger partial charge in [-0.15, -0.1) is 0 Å². The Morgan fingerprint density at radius 3 is 2.52 bits per heavy atom. The Bertz CT molecular complexity index is 1100. The van der Waals surface area contributed by atoms with E-state index in [1.807, 2.05) is 39.0 Å². The van der Waals surface area contributed by atoms with Gasteiger partial charge in [-0.1, -0.05) is 43.6 Å². The second kappa shape index (κ2) is 8.66. The Kier molecular flexibility index (Phi) is 6.23. The van der Waals surface area contributed by atoms with Gasteiger partial charge < -0.3 is 15.2 Å². The average Bonchev–Trinajstić information content (AvgIpc) is 2.69. The van der Waals surface area contributed by atoms with Gasteiger partial charge in [0.15, 0.2) is 0 Å². The van der Waals surface area contributed by atoms with Crippen LogP contribution in [0.25, 0.3) is 10.8 Å². The molecule has 0 aliphatic rings. The van der Waals surface area contributed by atoms with Crippen molar-refractivity contribution < 1.29 is 9.18 Å². The van der Waals surface area contributed by atoms with Crippen molar-refractivity contribution in [2.75, 3.05) is 11.9 Å². The normalized spacial score (nSPS) is 12.2. The number of aromatic nitrogens is 1. The summed E-state index contributed by atoms with van der Waals surface area (Å²) >= 11 is 5.83. The summed E-state index contributed by atoms with van der Waals surface area (Å²) < 4.78 is 13.4. The molecule has 1 atom stereocenters. The molecule has 1 aromatic heterocycles. The van der Waals surface area contributed by atoms with Crippen LogP contribution in [0.4, 0.5) is 14.9 Å². The van der Waals surface area contributed by atoms with Crippen LogP contribution in [-0.4, -0.2) is 22.5 Å². The SMILES string of the molecule is CCN(C(=O)Nc1ccc(F)c(Cl)c1)[C@H](c1c[nH]c(=O)c2ccccc12)C(C)C. The lowest BCUT2D eigenvalue weighted by atomic mass is 9.92. The number of urea groups is 1. The zero-order valence-electron chi connectivity index (χ0n) is 16.5. The van der Waals surface area contributed by atoms with Crippen molar-refractivity contribution in [3.05, 3.63) is 75.4 Å². The van der Waals surface area contributed by atoms with Crippen LogP contribution >= 0.6 is 11.6 Å². The highest BCUT2D eigenvalue weighted by atomic mass is 35.5. The fourth-order valence-corrected chi connectivity index (χ4v) is 3.78. The van der Waals surface area contributed by atoms with Crippen LogP contribution in [0.5, 0.6) is 0 Å². The maximum atomic E-state index is 13.4. The molecule has 152 valence electrons. The number of rotatable bonds is 5. The molecule has 2 aromatic carbocycles. The molecule has 0 unspecified atom stereocenters. The Balaban J connectivity index is 2.01. The number of H-pyrrole nitrogens is 1. The van der Waals surface area contributed by atoms with E-state index in [4.69, 9.17) is 11.6 Å². The van der Waals surface area contributed by atoms with E-state index in [9.17, 15) is 14.0 Å². The standard InChI is InChI=1S/C22H23ClFN3O2/c1-4-27(22(29)26-14-9-10-19(24)18(23)11-14)20(13(2)3)17-12-25-21(28)16-8-6-5-7-15(16)17/h5-13,20H,4H2,1-3H3,(H,25,28)(H,26,29)/t20-/m0/s1. The summed E-state index contributed by atoms with van der Waals surface area (Å²) in [6, 6.07) is 10.8. The van der Waals surface area contributed by atoms with Crippen LogP contribution in [0.2, 0.25) is 5.02 Å². The molecule has 29 heavy (non-hydrogen) atoms. The number of halogens is 2. The zero-order valence-corrected chi connectivity index (χ0v) is 17.3. The molecule has 0 aliphatic carbocycles. The molecule has 0 saturated heterocycles. The number of aromatic amines is 1. The first kappa shape index (κ1) is 20.9. The summed E-state index contributed by atoms with van der Waals surface area (Å²) in [6.07, 6.45) is 1.68. The van der Waals surface area contributed by atoms with Gasteiger partial charge in [0, 0.05) is 23.8 Å². The van der Waals surface area contributed by atoms with Gasteiger partial charge in [0.05, 0.1) is 11.1 Å². The van der Waals surface area contributed by atoms with Gasteiger partial charge in [-0.3, -0.25) is 4.79 Å². The molecule has 0 spiro atoms. The van der Waals surface area contributed by atoms with Gasteiger partial charge in [-0.2, -0.15) is 0 Å². The first-order chi connectivity index (χ1) is 13.8. The maximum absolute atomic E-state index is 13.4. The smallest absolute Gasteiger partial charge is 0.322 e. The lowest BCUT2D eigenvalue weighted by Crippen LogP contribution is -2.40. The second-order valence-electron chi connectivity index (χ2n) is 7.15. The van der Waals surface area contributed by atoms with Crippen LogP contribution in [-0.2, 0) is 0 Å². The number of nitrogens with zero attached hydrogens (tertiary/aromatic N) is 1. The highest BCUT2D eigenvalue weighted by Gasteiger charge is 2.28. The summed E-state index contributed by atoms with van der Waals surface area (Å²) in [4.78, 5) is 29.8. The summed E-state index contributed by atoms with van der Waals surface area (Å²) in [5, 5.41) is 4.12. The van der Waals surface area contributed by atoms with E-state index in [0.29, 0.717) is 17.6 Å². The summed E-state index contributed by atoms with van der Waals surface area (Å²) in [5.74, 6) is -0.469. The number of nitrogens with one attached hydrogen (secondary N) is 2. The minimum atomic E-state index is -0.545. The van der Waals surface area contributed by atoms with E-state index in [1.54, 1.807) is 17.2 Å². The molecule has 0 saturated carbocycles. The minimum Gasteiger partial charge on any atom is -0.328 e. The Labute approximate surface area is 173 Å². The monoisotopic (exact) mass is 415 g/mol. The topological polar surface area (TPSA) is 65.2 Å². The molecule has 3 aromatic rings. The second-order valence-corrected chi connectivity index (χ2v) is 7.56. The summed E-state index contributed by atoms with van der Waals surface area (Å²) in [5.41, 5.74) is 1.11. The van der Waals surface area contributed by atoms with E-state index >= 15 is 0 Å². The van der Waals surface area contributed by atoms with E-state index in [-0.39, 0.29) is 28.6 Å². The predicted molar refractivity (Wildman–Crippen MR) is 115 cm³/mol. The molecule has 0 aliphatic heterocycles. The van der Waals surface area contributed by atoms with Crippen molar-refractivity contribution in [1.82, 2.24) is 9.88 Å². The van der Waals surface area contributed by atoms with Crippen molar-refractivity contribution in [3.63, 3.8) is 0 Å². The van der Waals surface area contributed by atoms with E-state index < -0.39 is 5.82 Å². The number of amides is 2. The number of carbonyl (C=O) groups excluding carboxylic acids is 1. The van der Waals surface area contributed by atoms with Crippen molar-refractivity contribution in [3.8, 4) is 0 Å².